The highest BCUT2D eigenvalue weighted by Gasteiger charge is 2.42. The predicted molar refractivity (Wildman–Crippen MR) is 107 cm³/mol. The average molecular weight is 389 g/mol. The molecule has 1 saturated heterocycles. The normalized spacial score (nSPS) is 17.8. The van der Waals surface area contributed by atoms with Gasteiger partial charge in [0.05, 0.1) is 22.9 Å². The molecule has 6 heteroatoms. The molecule has 0 unspecified atom stereocenters. The summed E-state index contributed by atoms with van der Waals surface area (Å²) < 4.78 is 13.4. The molecule has 0 radical (unpaired) electrons. The number of piperidine rings is 1. The minimum absolute atomic E-state index is 0.300. The quantitative estimate of drug-likeness (QED) is 0.751. The molecule has 0 saturated carbocycles. The smallest absolute Gasteiger partial charge is 0.282 e. The van der Waals surface area contributed by atoms with Crippen LogP contribution >= 0.6 is 0 Å². The van der Waals surface area contributed by atoms with E-state index in [-0.39, 0.29) is 5.91 Å². The first-order chi connectivity index (χ1) is 14.0. The molecule has 0 spiro atoms. The first-order valence-corrected chi connectivity index (χ1v) is 9.63. The Morgan fingerprint density at radius 1 is 0.966 bits per heavy atom. The number of hydrogen-bond donors (Lipinski definition) is 0. The van der Waals surface area contributed by atoms with Crippen LogP contribution in [0.4, 0.5) is 10.1 Å². The number of anilines is 1. The van der Waals surface area contributed by atoms with E-state index < -0.39 is 11.7 Å². The SMILES string of the molecule is CC1CCN(C2=C(c3ccc(F)cc3)C(=O)N(c3ccc(C#N)cc3)C2=O)CC1. The van der Waals surface area contributed by atoms with Gasteiger partial charge < -0.3 is 4.90 Å². The molecular formula is C23H20FN3O2. The molecule has 0 atom stereocenters. The Labute approximate surface area is 168 Å². The van der Waals surface area contributed by atoms with Crippen molar-refractivity contribution < 1.29 is 14.0 Å². The molecule has 4 rings (SSSR count). The highest BCUT2D eigenvalue weighted by Crippen LogP contribution is 2.36. The third-order valence-corrected chi connectivity index (χ3v) is 5.55. The second-order valence-corrected chi connectivity index (χ2v) is 7.50. The van der Waals surface area contributed by atoms with Crippen molar-refractivity contribution in [1.29, 1.82) is 5.26 Å². The van der Waals surface area contributed by atoms with Crippen LogP contribution in [0.25, 0.3) is 5.57 Å². The molecule has 2 heterocycles. The van der Waals surface area contributed by atoms with E-state index in [1.54, 1.807) is 24.3 Å². The topological polar surface area (TPSA) is 64.4 Å². The summed E-state index contributed by atoms with van der Waals surface area (Å²) in [6.45, 7) is 3.57. The summed E-state index contributed by atoms with van der Waals surface area (Å²) in [4.78, 5) is 29.8. The average Bonchev–Trinajstić information content (AvgIpc) is 2.99. The van der Waals surface area contributed by atoms with E-state index in [2.05, 4.69) is 6.92 Å². The van der Waals surface area contributed by atoms with Crippen LogP contribution in [0.5, 0.6) is 0 Å². The summed E-state index contributed by atoms with van der Waals surface area (Å²) in [6, 6.07) is 14.0. The Kier molecular flexibility index (Phi) is 4.89. The highest BCUT2D eigenvalue weighted by molar-refractivity contribution is 6.45. The summed E-state index contributed by atoms with van der Waals surface area (Å²) >= 11 is 0. The van der Waals surface area contributed by atoms with Gasteiger partial charge in [-0.05, 0) is 60.7 Å². The van der Waals surface area contributed by atoms with Gasteiger partial charge in [-0.25, -0.2) is 9.29 Å². The first kappa shape index (κ1) is 18.9. The standard InChI is InChI=1S/C23H20FN3O2/c1-15-10-12-26(13-11-15)21-20(17-4-6-18(24)7-5-17)22(28)27(23(21)29)19-8-2-16(14-25)3-9-19/h2-9,15H,10-13H2,1H3. The van der Waals surface area contributed by atoms with Crippen LogP contribution in [-0.4, -0.2) is 29.8 Å². The van der Waals surface area contributed by atoms with Crippen molar-refractivity contribution in [3.63, 3.8) is 0 Å². The van der Waals surface area contributed by atoms with Gasteiger partial charge >= 0.3 is 0 Å². The number of amides is 2. The third-order valence-electron chi connectivity index (χ3n) is 5.55. The number of benzene rings is 2. The third kappa shape index (κ3) is 3.40. The summed E-state index contributed by atoms with van der Waals surface area (Å²) in [7, 11) is 0. The number of imide groups is 1. The van der Waals surface area contributed by atoms with Crippen LogP contribution in [0.3, 0.4) is 0 Å². The maximum atomic E-state index is 13.4. The fourth-order valence-electron chi connectivity index (χ4n) is 3.84. The molecule has 0 bridgehead atoms. The minimum Gasteiger partial charge on any atom is -0.366 e. The van der Waals surface area contributed by atoms with E-state index in [1.165, 1.54) is 24.3 Å². The maximum Gasteiger partial charge on any atom is 0.282 e. The molecule has 0 N–H and O–H groups in total. The molecule has 146 valence electrons. The van der Waals surface area contributed by atoms with E-state index in [9.17, 15) is 14.0 Å². The van der Waals surface area contributed by atoms with Crippen LogP contribution in [0.15, 0.2) is 54.2 Å². The Morgan fingerprint density at radius 3 is 2.17 bits per heavy atom. The van der Waals surface area contributed by atoms with Crippen LogP contribution in [0.1, 0.15) is 30.9 Å². The Bertz CT molecular complexity index is 1030. The van der Waals surface area contributed by atoms with Gasteiger partial charge in [0.1, 0.15) is 11.5 Å². The molecule has 5 nitrogen and oxygen atoms in total. The summed E-state index contributed by atoms with van der Waals surface area (Å²) in [6.07, 6.45) is 1.89. The van der Waals surface area contributed by atoms with E-state index in [1.807, 2.05) is 11.0 Å². The number of nitriles is 1. The zero-order valence-corrected chi connectivity index (χ0v) is 16.1. The Morgan fingerprint density at radius 2 is 1.59 bits per heavy atom. The van der Waals surface area contributed by atoms with Crippen LogP contribution in [0.2, 0.25) is 0 Å². The molecule has 0 aliphatic carbocycles. The second kappa shape index (κ2) is 7.51. The lowest BCUT2D eigenvalue weighted by molar-refractivity contribution is -0.120. The zero-order valence-electron chi connectivity index (χ0n) is 16.1. The van der Waals surface area contributed by atoms with Gasteiger partial charge in [-0.1, -0.05) is 19.1 Å². The van der Waals surface area contributed by atoms with Crippen molar-refractivity contribution in [1.82, 2.24) is 4.90 Å². The van der Waals surface area contributed by atoms with E-state index in [0.29, 0.717) is 47.1 Å². The number of carbonyl (C=O) groups is 2. The van der Waals surface area contributed by atoms with Gasteiger partial charge in [0, 0.05) is 13.1 Å². The molecule has 1 fully saturated rings. The Balaban J connectivity index is 1.79. The largest absolute Gasteiger partial charge is 0.366 e. The van der Waals surface area contributed by atoms with Crippen molar-refractivity contribution in [2.75, 3.05) is 18.0 Å². The zero-order chi connectivity index (χ0) is 20.5. The monoisotopic (exact) mass is 389 g/mol. The number of halogens is 1. The Hall–Kier alpha value is -3.46. The van der Waals surface area contributed by atoms with Crippen LogP contribution in [0, 0.1) is 23.1 Å². The van der Waals surface area contributed by atoms with Gasteiger partial charge in [0.15, 0.2) is 0 Å². The number of nitrogens with zero attached hydrogens (tertiary/aromatic N) is 3. The minimum atomic E-state index is -0.431. The lowest BCUT2D eigenvalue weighted by Crippen LogP contribution is -2.38. The molecule has 2 aromatic carbocycles. The molecule has 2 aromatic rings. The van der Waals surface area contributed by atoms with E-state index >= 15 is 0 Å². The van der Waals surface area contributed by atoms with Crippen molar-refractivity contribution in [3.8, 4) is 6.07 Å². The predicted octanol–water partition coefficient (Wildman–Crippen LogP) is 3.71. The molecule has 0 aromatic heterocycles. The van der Waals surface area contributed by atoms with Crippen molar-refractivity contribution >= 4 is 23.1 Å². The van der Waals surface area contributed by atoms with Crippen LogP contribution in [-0.2, 0) is 9.59 Å². The lowest BCUT2D eigenvalue weighted by Gasteiger charge is -2.32. The van der Waals surface area contributed by atoms with E-state index in [4.69, 9.17) is 5.26 Å². The second-order valence-electron chi connectivity index (χ2n) is 7.50. The number of hydrogen-bond acceptors (Lipinski definition) is 4. The highest BCUT2D eigenvalue weighted by atomic mass is 19.1. The number of likely N-dealkylation sites (tertiary alicyclic amines) is 1. The van der Waals surface area contributed by atoms with Gasteiger partial charge in [0.2, 0.25) is 0 Å². The van der Waals surface area contributed by atoms with Crippen molar-refractivity contribution in [3.05, 3.63) is 71.2 Å². The summed E-state index contributed by atoms with van der Waals surface area (Å²) in [5.74, 6) is -0.639. The number of carbonyl (C=O) groups excluding carboxylic acids is 2. The van der Waals surface area contributed by atoms with Crippen LogP contribution < -0.4 is 4.90 Å². The number of rotatable bonds is 3. The summed E-state index contributed by atoms with van der Waals surface area (Å²) in [5.41, 5.74) is 2.06. The molecular weight excluding hydrogens is 369 g/mol. The van der Waals surface area contributed by atoms with Gasteiger partial charge in [-0.3, -0.25) is 9.59 Å². The van der Waals surface area contributed by atoms with Crippen molar-refractivity contribution in [2.45, 2.75) is 19.8 Å². The van der Waals surface area contributed by atoms with Gasteiger partial charge in [-0.15, -0.1) is 0 Å². The lowest BCUT2D eigenvalue weighted by atomic mass is 9.97. The molecule has 2 amide bonds. The molecule has 2 aliphatic rings. The fourth-order valence-corrected chi connectivity index (χ4v) is 3.84. The fraction of sp³-hybridized carbons (Fsp3) is 0.261. The van der Waals surface area contributed by atoms with E-state index in [0.717, 1.165) is 17.7 Å². The summed E-state index contributed by atoms with van der Waals surface area (Å²) in [5, 5.41) is 9.00. The van der Waals surface area contributed by atoms with Crippen molar-refractivity contribution in [2.24, 2.45) is 5.92 Å². The first-order valence-electron chi connectivity index (χ1n) is 9.63. The molecule has 29 heavy (non-hydrogen) atoms. The van der Waals surface area contributed by atoms with Gasteiger partial charge in [-0.2, -0.15) is 5.26 Å². The molecule has 2 aliphatic heterocycles. The van der Waals surface area contributed by atoms with Gasteiger partial charge in [0.25, 0.3) is 11.8 Å². The maximum absolute atomic E-state index is 13.4.